The fourth-order valence-electron chi connectivity index (χ4n) is 3.61. The Labute approximate surface area is 152 Å². The zero-order valence-electron chi connectivity index (χ0n) is 15.4. The van der Waals surface area contributed by atoms with Crippen molar-refractivity contribution in [1.29, 1.82) is 0 Å². The smallest absolute Gasteiger partial charge is 0.231 e. The Morgan fingerprint density at radius 1 is 0.885 bits per heavy atom. The number of methoxy groups -OCH3 is 3. The first-order valence-electron chi connectivity index (χ1n) is 8.47. The molecule has 0 unspecified atom stereocenters. The molecule has 0 aromatic heterocycles. The van der Waals surface area contributed by atoms with Gasteiger partial charge in [0, 0.05) is 6.42 Å². The molecular weight excluding hydrogens is 334 g/mol. The fourth-order valence-corrected chi connectivity index (χ4v) is 3.61. The van der Waals surface area contributed by atoms with Crippen LogP contribution in [0.5, 0.6) is 28.7 Å². The van der Waals surface area contributed by atoms with Crippen molar-refractivity contribution in [1.82, 2.24) is 0 Å². The average Bonchev–Trinajstić information content (AvgIpc) is 3.12. The van der Waals surface area contributed by atoms with Gasteiger partial charge in [0.15, 0.2) is 23.0 Å². The van der Waals surface area contributed by atoms with E-state index in [1.165, 1.54) is 5.56 Å². The molecule has 6 nitrogen and oxygen atoms in total. The second-order valence-electron chi connectivity index (χ2n) is 6.30. The van der Waals surface area contributed by atoms with Crippen molar-refractivity contribution in [3.8, 4) is 28.7 Å². The SMILES string of the molecule is COc1cc(C2=[N+](C)CCc3cc4c(cc32)OCO4)cc(OC)c1OC. The number of hydrogen-bond acceptors (Lipinski definition) is 5. The van der Waals surface area contributed by atoms with E-state index < -0.39 is 0 Å². The molecule has 2 aromatic rings. The first-order valence-corrected chi connectivity index (χ1v) is 8.47. The largest absolute Gasteiger partial charge is 0.493 e. The Hall–Kier alpha value is -2.89. The third-order valence-corrected chi connectivity index (χ3v) is 4.89. The molecule has 2 aliphatic heterocycles. The van der Waals surface area contributed by atoms with Crippen LogP contribution in [0.15, 0.2) is 24.3 Å². The van der Waals surface area contributed by atoms with Gasteiger partial charge in [0.2, 0.25) is 18.3 Å². The molecule has 136 valence electrons. The molecule has 0 N–H and O–H groups in total. The lowest BCUT2D eigenvalue weighted by atomic mass is 9.91. The normalized spacial score (nSPS) is 14.9. The lowest BCUT2D eigenvalue weighted by Gasteiger charge is -2.19. The molecule has 4 rings (SSSR count). The molecule has 0 aliphatic carbocycles. The molecule has 0 amide bonds. The second kappa shape index (κ2) is 6.44. The van der Waals surface area contributed by atoms with Crippen molar-refractivity contribution in [3.05, 3.63) is 41.0 Å². The number of fused-ring (bicyclic) bond motifs is 2. The van der Waals surface area contributed by atoms with Gasteiger partial charge in [-0.3, -0.25) is 0 Å². The van der Waals surface area contributed by atoms with Gasteiger partial charge in [-0.1, -0.05) is 0 Å². The van der Waals surface area contributed by atoms with Crippen LogP contribution in [0.4, 0.5) is 0 Å². The molecule has 0 atom stereocenters. The third-order valence-electron chi connectivity index (χ3n) is 4.89. The molecule has 0 spiro atoms. The van der Waals surface area contributed by atoms with Crippen molar-refractivity contribution < 1.29 is 28.3 Å². The van der Waals surface area contributed by atoms with Gasteiger partial charge in [0.1, 0.15) is 13.6 Å². The van der Waals surface area contributed by atoms with Crippen LogP contribution < -0.4 is 23.7 Å². The van der Waals surface area contributed by atoms with Gasteiger partial charge in [0.25, 0.3) is 0 Å². The van der Waals surface area contributed by atoms with Crippen LogP contribution in [-0.4, -0.2) is 52.0 Å². The molecule has 0 saturated heterocycles. The van der Waals surface area contributed by atoms with E-state index in [4.69, 9.17) is 23.7 Å². The summed E-state index contributed by atoms with van der Waals surface area (Å²) in [5, 5.41) is 0. The molecule has 0 saturated carbocycles. The maximum atomic E-state index is 5.59. The lowest BCUT2D eigenvalue weighted by Crippen LogP contribution is -2.28. The minimum Gasteiger partial charge on any atom is -0.493 e. The fraction of sp³-hybridized carbons (Fsp3) is 0.350. The average molecular weight is 356 g/mol. The predicted octanol–water partition coefficient (Wildman–Crippen LogP) is 2.48. The molecule has 0 radical (unpaired) electrons. The quantitative estimate of drug-likeness (QED) is 0.788. The van der Waals surface area contributed by atoms with Gasteiger partial charge in [-0.05, 0) is 29.8 Å². The van der Waals surface area contributed by atoms with Crippen LogP contribution in [0, 0.1) is 0 Å². The summed E-state index contributed by atoms with van der Waals surface area (Å²) in [4.78, 5) is 0. The van der Waals surface area contributed by atoms with Gasteiger partial charge < -0.3 is 23.7 Å². The molecule has 26 heavy (non-hydrogen) atoms. The third kappa shape index (κ3) is 2.53. The summed E-state index contributed by atoms with van der Waals surface area (Å²) in [7, 11) is 6.95. The summed E-state index contributed by atoms with van der Waals surface area (Å²) in [5.41, 5.74) is 4.49. The van der Waals surface area contributed by atoms with Gasteiger partial charge in [-0.2, -0.15) is 0 Å². The maximum absolute atomic E-state index is 5.59. The molecular formula is C20H22NO5+. The summed E-state index contributed by atoms with van der Waals surface area (Å²) in [6.07, 6.45) is 0.955. The van der Waals surface area contributed by atoms with E-state index in [9.17, 15) is 0 Å². The first-order chi connectivity index (χ1) is 12.7. The molecule has 2 aliphatic rings. The number of ether oxygens (including phenoxy) is 5. The zero-order valence-corrected chi connectivity index (χ0v) is 15.4. The van der Waals surface area contributed by atoms with Crippen LogP contribution in [0.1, 0.15) is 16.7 Å². The highest BCUT2D eigenvalue weighted by Gasteiger charge is 2.30. The monoisotopic (exact) mass is 356 g/mol. The van der Waals surface area contributed by atoms with Crippen molar-refractivity contribution in [2.45, 2.75) is 6.42 Å². The minimum atomic E-state index is 0.271. The Bertz CT molecular complexity index is 878. The number of rotatable bonds is 4. The van der Waals surface area contributed by atoms with Crippen molar-refractivity contribution in [3.63, 3.8) is 0 Å². The van der Waals surface area contributed by atoms with Gasteiger partial charge in [0.05, 0.1) is 32.5 Å². The second-order valence-corrected chi connectivity index (χ2v) is 6.30. The van der Waals surface area contributed by atoms with Crippen LogP contribution in [-0.2, 0) is 6.42 Å². The highest BCUT2D eigenvalue weighted by molar-refractivity contribution is 6.12. The van der Waals surface area contributed by atoms with Crippen LogP contribution in [0.2, 0.25) is 0 Å². The summed E-state index contributed by atoms with van der Waals surface area (Å²) in [6.45, 7) is 1.19. The number of likely N-dealkylation sites (N-methyl/N-ethyl adjacent to an activating group) is 1. The molecule has 0 bridgehead atoms. The summed E-state index contributed by atoms with van der Waals surface area (Å²) in [6, 6.07) is 8.11. The van der Waals surface area contributed by atoms with E-state index in [1.807, 2.05) is 12.1 Å². The van der Waals surface area contributed by atoms with E-state index in [-0.39, 0.29) is 6.79 Å². The predicted molar refractivity (Wildman–Crippen MR) is 96.6 cm³/mol. The maximum Gasteiger partial charge on any atom is 0.231 e. The summed E-state index contributed by atoms with van der Waals surface area (Å²) in [5.74, 6) is 3.46. The van der Waals surface area contributed by atoms with Gasteiger partial charge >= 0.3 is 0 Å². The van der Waals surface area contributed by atoms with Crippen LogP contribution >= 0.6 is 0 Å². The molecule has 6 heteroatoms. The van der Waals surface area contributed by atoms with E-state index >= 15 is 0 Å². The van der Waals surface area contributed by atoms with E-state index in [2.05, 4.69) is 23.8 Å². The summed E-state index contributed by atoms with van der Waals surface area (Å²) < 4.78 is 29.9. The Balaban J connectivity index is 1.91. The van der Waals surface area contributed by atoms with Crippen molar-refractivity contribution in [2.75, 3.05) is 41.7 Å². The van der Waals surface area contributed by atoms with Gasteiger partial charge in [-0.15, -0.1) is 0 Å². The molecule has 2 heterocycles. The highest BCUT2D eigenvalue weighted by Crippen LogP contribution is 2.41. The van der Waals surface area contributed by atoms with Crippen LogP contribution in [0.25, 0.3) is 0 Å². The number of hydrogen-bond donors (Lipinski definition) is 0. The topological polar surface area (TPSA) is 49.2 Å². The molecule has 2 aromatic carbocycles. The summed E-state index contributed by atoms with van der Waals surface area (Å²) >= 11 is 0. The Kier molecular flexibility index (Phi) is 4.11. The number of benzene rings is 2. The standard InChI is InChI=1S/C20H22NO5/c1-21-6-5-12-7-15-16(26-11-25-15)10-14(12)19(21)13-8-17(22-2)20(24-4)18(9-13)23-3/h7-10H,5-6,11H2,1-4H3/q+1. The lowest BCUT2D eigenvalue weighted by molar-refractivity contribution is -0.497. The Morgan fingerprint density at radius 2 is 1.54 bits per heavy atom. The Morgan fingerprint density at radius 3 is 2.15 bits per heavy atom. The van der Waals surface area contributed by atoms with Crippen molar-refractivity contribution in [2.24, 2.45) is 0 Å². The molecule has 0 fully saturated rings. The van der Waals surface area contributed by atoms with E-state index in [0.29, 0.717) is 17.2 Å². The van der Waals surface area contributed by atoms with Crippen molar-refractivity contribution >= 4 is 5.71 Å². The van der Waals surface area contributed by atoms with Gasteiger partial charge in [-0.25, -0.2) is 4.58 Å². The van der Waals surface area contributed by atoms with E-state index in [0.717, 1.165) is 41.3 Å². The minimum absolute atomic E-state index is 0.271. The highest BCUT2D eigenvalue weighted by atomic mass is 16.7. The zero-order chi connectivity index (χ0) is 18.3. The van der Waals surface area contributed by atoms with E-state index in [1.54, 1.807) is 21.3 Å². The van der Waals surface area contributed by atoms with Crippen LogP contribution in [0.3, 0.4) is 0 Å². The number of nitrogens with zero attached hydrogens (tertiary/aromatic N) is 1. The first kappa shape index (κ1) is 16.6.